The molecule has 2 rings (SSSR count). The molecule has 0 aliphatic heterocycles. The van der Waals surface area contributed by atoms with E-state index in [2.05, 4.69) is 45.4 Å². The van der Waals surface area contributed by atoms with Crippen LogP contribution in [0.25, 0.3) is 11.1 Å². The molecule has 2 aromatic rings. The van der Waals surface area contributed by atoms with Gasteiger partial charge in [0.15, 0.2) is 0 Å². The van der Waals surface area contributed by atoms with Gasteiger partial charge in [-0.05, 0) is 0 Å². The summed E-state index contributed by atoms with van der Waals surface area (Å²) in [5.74, 6) is 0. The van der Waals surface area contributed by atoms with E-state index in [1.54, 1.807) is 0 Å². The van der Waals surface area contributed by atoms with Crippen molar-refractivity contribution in [1.82, 2.24) is 4.98 Å². The van der Waals surface area contributed by atoms with Gasteiger partial charge in [-0.25, -0.2) is 0 Å². The Balaban J connectivity index is 0.000000383. The quantitative estimate of drug-likeness (QED) is 0.657. The standard InChI is InChI=1S/C7H4NO.C4H9.3C2H5.Li.Sn/c1-2-4-7-6(3-1)8-5-9-7;1-3-4-2;3*1-2;;/h1-4H;1,3-4H2,2H3;3*1H2,2H3;;. The number of rotatable bonds is 6. The van der Waals surface area contributed by atoms with Crippen LogP contribution in [-0.4, -0.2) is 41.1 Å². The number of hydrogen-bond donors (Lipinski definition) is 0. The van der Waals surface area contributed by atoms with E-state index in [9.17, 15) is 0 Å². The van der Waals surface area contributed by atoms with Crippen LogP contribution in [-0.2, 0) is 0 Å². The number of fused-ring (bicyclic) bond motifs is 1. The third-order valence-corrected chi connectivity index (χ3v) is 19.3. The molecule has 0 saturated carbocycles. The molecule has 0 N–H and O–H groups in total. The summed E-state index contributed by atoms with van der Waals surface area (Å²) in [6, 6.07) is 8.09. The number of oxazole rings is 1. The molecule has 0 unspecified atom stereocenters. The van der Waals surface area contributed by atoms with E-state index >= 15 is 0 Å². The van der Waals surface area contributed by atoms with Crippen molar-refractivity contribution < 1.29 is 4.42 Å². The molecule has 0 spiro atoms. The van der Waals surface area contributed by atoms with Crippen LogP contribution in [0.5, 0.6) is 0 Å². The van der Waals surface area contributed by atoms with E-state index in [1.165, 1.54) is 31.2 Å². The molecule has 112 valence electrons. The SMILES string of the molecule is C[CH2][Sn]([CH2]C)([CH2]C)[c]1nc2ccccc2o1.[Li][CH2]CCC. The molecule has 0 fully saturated rings. The molecular formula is C17H28LiNOSn. The van der Waals surface area contributed by atoms with Crippen molar-refractivity contribution in [3.63, 3.8) is 0 Å². The Bertz CT molecular complexity index is 479. The van der Waals surface area contributed by atoms with Gasteiger partial charge in [-0.1, -0.05) is 0 Å². The normalized spacial score (nSPS) is 11.3. The zero-order valence-electron chi connectivity index (χ0n) is 14.4. The van der Waals surface area contributed by atoms with E-state index < -0.39 is 18.4 Å². The van der Waals surface area contributed by atoms with Crippen molar-refractivity contribution >= 4 is 51.1 Å². The molecule has 0 atom stereocenters. The summed E-state index contributed by atoms with van der Waals surface area (Å²) in [4.78, 5) is 4.72. The molecule has 0 saturated heterocycles. The van der Waals surface area contributed by atoms with Crippen molar-refractivity contribution in [3.8, 4) is 0 Å². The zero-order chi connectivity index (χ0) is 15.7. The van der Waals surface area contributed by atoms with Gasteiger partial charge in [0, 0.05) is 0 Å². The van der Waals surface area contributed by atoms with Crippen molar-refractivity contribution in [3.05, 3.63) is 24.3 Å². The molecule has 0 bridgehead atoms. The van der Waals surface area contributed by atoms with E-state index in [4.69, 9.17) is 9.40 Å². The van der Waals surface area contributed by atoms with Crippen molar-refractivity contribution in [2.75, 3.05) is 0 Å². The van der Waals surface area contributed by atoms with Gasteiger partial charge in [0.25, 0.3) is 0 Å². The molecular weight excluding hydrogens is 360 g/mol. The number of hydrogen-bond acceptors (Lipinski definition) is 2. The molecule has 0 amide bonds. The summed E-state index contributed by atoms with van der Waals surface area (Å²) in [6.07, 6.45) is 2.73. The van der Waals surface area contributed by atoms with Gasteiger partial charge in [0.05, 0.1) is 0 Å². The van der Waals surface area contributed by atoms with Gasteiger partial charge in [-0.3, -0.25) is 0 Å². The van der Waals surface area contributed by atoms with Gasteiger partial charge in [-0.2, -0.15) is 0 Å². The van der Waals surface area contributed by atoms with Crippen LogP contribution in [0.3, 0.4) is 0 Å². The Kier molecular flexibility index (Phi) is 9.09. The first kappa shape index (κ1) is 19.1. The topological polar surface area (TPSA) is 26.0 Å². The summed E-state index contributed by atoms with van der Waals surface area (Å²) in [5.41, 5.74) is 1.97. The Morgan fingerprint density at radius 1 is 1.05 bits per heavy atom. The molecule has 21 heavy (non-hydrogen) atoms. The first-order chi connectivity index (χ1) is 10.2. The van der Waals surface area contributed by atoms with Crippen LogP contribution >= 0.6 is 0 Å². The van der Waals surface area contributed by atoms with Crippen molar-refractivity contribution in [2.45, 2.75) is 58.9 Å². The average molecular weight is 388 g/mol. The molecule has 0 aliphatic carbocycles. The fourth-order valence-electron chi connectivity index (χ4n) is 2.66. The zero-order valence-corrected chi connectivity index (χ0v) is 17.3. The summed E-state index contributed by atoms with van der Waals surface area (Å²) < 4.78 is 11.0. The Morgan fingerprint density at radius 2 is 1.67 bits per heavy atom. The monoisotopic (exact) mass is 389 g/mol. The first-order valence-corrected chi connectivity index (χ1v) is 16.0. The molecule has 1 aromatic carbocycles. The minimum absolute atomic E-state index is 0.953. The second kappa shape index (κ2) is 9.97. The number of para-hydroxylation sites is 2. The van der Waals surface area contributed by atoms with Crippen LogP contribution in [0.2, 0.25) is 18.4 Å². The summed E-state index contributed by atoms with van der Waals surface area (Å²) in [7, 11) is 0. The molecule has 4 heteroatoms. The maximum atomic E-state index is 5.99. The Morgan fingerprint density at radius 3 is 2.10 bits per heavy atom. The van der Waals surface area contributed by atoms with E-state index in [-0.39, 0.29) is 0 Å². The van der Waals surface area contributed by atoms with Crippen molar-refractivity contribution in [2.24, 2.45) is 0 Å². The van der Waals surface area contributed by atoms with E-state index in [0.717, 1.165) is 15.0 Å². The van der Waals surface area contributed by atoms with Gasteiger partial charge < -0.3 is 0 Å². The maximum absolute atomic E-state index is 5.99. The van der Waals surface area contributed by atoms with E-state index in [0.29, 0.717) is 0 Å². The number of aromatic nitrogens is 1. The number of nitrogens with zero attached hydrogens (tertiary/aromatic N) is 1. The van der Waals surface area contributed by atoms with Crippen LogP contribution < -0.4 is 3.91 Å². The summed E-state index contributed by atoms with van der Waals surface area (Å²) >= 11 is -0.0436. The molecule has 0 aliphatic rings. The molecule has 2 nitrogen and oxygen atoms in total. The summed E-state index contributed by atoms with van der Waals surface area (Å²) in [5, 5.41) is 1.34. The van der Waals surface area contributed by atoms with E-state index in [1.807, 2.05) is 24.3 Å². The Hall–Kier alpha value is 0.0861. The first-order valence-electron chi connectivity index (χ1n) is 8.53. The third kappa shape index (κ3) is 5.05. The third-order valence-electron chi connectivity index (χ3n) is 4.48. The molecule has 1 heterocycles. The molecule has 0 radical (unpaired) electrons. The predicted octanol–water partition coefficient (Wildman–Crippen LogP) is 4.92. The van der Waals surface area contributed by atoms with Gasteiger partial charge >= 0.3 is 144 Å². The fourth-order valence-corrected chi connectivity index (χ4v) is 11.5. The average Bonchev–Trinajstić information content (AvgIpc) is 2.95. The molecule has 1 aromatic heterocycles. The van der Waals surface area contributed by atoms with Gasteiger partial charge in [0.2, 0.25) is 0 Å². The predicted molar refractivity (Wildman–Crippen MR) is 96.3 cm³/mol. The van der Waals surface area contributed by atoms with Gasteiger partial charge in [0.1, 0.15) is 0 Å². The fraction of sp³-hybridized carbons (Fsp3) is 0.588. The Labute approximate surface area is 143 Å². The second-order valence-corrected chi connectivity index (χ2v) is 20.3. The van der Waals surface area contributed by atoms with Crippen molar-refractivity contribution in [1.29, 1.82) is 0 Å². The second-order valence-electron chi connectivity index (χ2n) is 5.68. The van der Waals surface area contributed by atoms with Crippen LogP contribution in [0.15, 0.2) is 28.7 Å². The van der Waals surface area contributed by atoms with Gasteiger partial charge in [-0.15, -0.1) is 0 Å². The van der Waals surface area contributed by atoms with Crippen LogP contribution in [0, 0.1) is 0 Å². The summed E-state index contributed by atoms with van der Waals surface area (Å²) in [6.45, 7) is 9.12. The van der Waals surface area contributed by atoms with Crippen LogP contribution in [0.1, 0.15) is 40.5 Å². The number of unbranched alkanes of at least 4 members (excludes halogenated alkanes) is 1. The minimum atomic E-state index is -2.26. The van der Waals surface area contributed by atoms with Crippen LogP contribution in [0.4, 0.5) is 0 Å². The number of benzene rings is 1.